The lowest BCUT2D eigenvalue weighted by molar-refractivity contribution is 0.0719. The van der Waals surface area contributed by atoms with E-state index < -0.39 is 5.82 Å². The first-order valence-corrected chi connectivity index (χ1v) is 15.5. The number of nitrogen functional groups attached to an aromatic ring is 1. The minimum absolute atomic E-state index is 0.215. The molecule has 1 spiro atoms. The lowest BCUT2D eigenvalue weighted by atomic mass is 9.72. The summed E-state index contributed by atoms with van der Waals surface area (Å²) in [6, 6.07) is 21.1. The van der Waals surface area contributed by atoms with Gasteiger partial charge in [-0.05, 0) is 80.0 Å². The van der Waals surface area contributed by atoms with Gasteiger partial charge in [0.1, 0.15) is 34.9 Å². The molecule has 8 rings (SSSR count). The number of hydrogen-bond acceptors (Lipinski definition) is 10. The van der Waals surface area contributed by atoms with E-state index in [-0.39, 0.29) is 5.82 Å². The molecule has 0 bridgehead atoms. The van der Waals surface area contributed by atoms with E-state index >= 15 is 0 Å². The molecule has 5 aromatic heterocycles. The maximum absolute atomic E-state index is 13.6. The number of nitrogens with zero attached hydrogens (tertiary/aromatic N) is 10. The molecule has 11 nitrogen and oxygen atoms in total. The van der Waals surface area contributed by atoms with Crippen molar-refractivity contribution in [2.75, 3.05) is 36.8 Å². The van der Waals surface area contributed by atoms with E-state index in [1.807, 2.05) is 30.3 Å². The highest BCUT2D eigenvalue weighted by atomic mass is 19.1. The topological polar surface area (TPSA) is 139 Å². The summed E-state index contributed by atoms with van der Waals surface area (Å²) in [5.41, 5.74) is 12.2. The molecule has 0 amide bonds. The van der Waals surface area contributed by atoms with E-state index in [9.17, 15) is 4.39 Å². The number of piperidine rings is 1. The number of benzene rings is 1. The van der Waals surface area contributed by atoms with Crippen molar-refractivity contribution in [1.29, 1.82) is 5.26 Å². The quantitative estimate of drug-likeness (QED) is 0.269. The first-order chi connectivity index (χ1) is 23.0. The first kappa shape index (κ1) is 28.7. The second-order valence-electron chi connectivity index (χ2n) is 12.3. The first-order valence-electron chi connectivity index (χ1n) is 15.5. The molecule has 0 unspecified atom stereocenters. The molecule has 2 saturated heterocycles. The Morgan fingerprint density at radius 2 is 1.68 bits per heavy atom. The molecule has 0 atom stereocenters. The normalized spacial score (nSPS) is 15.9. The van der Waals surface area contributed by atoms with Gasteiger partial charge in [0.25, 0.3) is 0 Å². The Bertz CT molecular complexity index is 2120. The van der Waals surface area contributed by atoms with Crippen LogP contribution in [0, 0.1) is 22.6 Å². The van der Waals surface area contributed by atoms with Crippen LogP contribution in [0.2, 0.25) is 0 Å². The van der Waals surface area contributed by atoms with E-state index in [0.717, 1.165) is 68.2 Å². The average molecular weight is 624 g/mol. The molecule has 12 heteroatoms. The monoisotopic (exact) mass is 623 g/mol. The van der Waals surface area contributed by atoms with Crippen LogP contribution in [-0.2, 0) is 6.54 Å². The summed E-state index contributed by atoms with van der Waals surface area (Å²) in [5, 5.41) is 9.13. The zero-order valence-corrected chi connectivity index (χ0v) is 25.5. The second-order valence-corrected chi connectivity index (χ2v) is 12.3. The van der Waals surface area contributed by atoms with Gasteiger partial charge < -0.3 is 10.6 Å². The van der Waals surface area contributed by atoms with Crippen molar-refractivity contribution in [3.63, 3.8) is 0 Å². The number of nitrogens with two attached hydrogens (primary N) is 1. The summed E-state index contributed by atoms with van der Waals surface area (Å²) in [7, 11) is 0. The molecule has 6 aromatic rings. The number of likely N-dealkylation sites (tertiary alicyclic amines) is 1. The van der Waals surface area contributed by atoms with E-state index in [4.69, 9.17) is 16.0 Å². The van der Waals surface area contributed by atoms with Crippen LogP contribution in [-0.4, -0.2) is 65.5 Å². The van der Waals surface area contributed by atoms with E-state index in [1.54, 1.807) is 24.7 Å². The number of pyridine rings is 3. The van der Waals surface area contributed by atoms with Gasteiger partial charge in [-0.1, -0.05) is 12.1 Å². The number of aromatic nitrogens is 7. The Morgan fingerprint density at radius 3 is 2.43 bits per heavy atom. The SMILES string of the molecule is N#Cc1nccc(N2CC3(CCN(Cc4ccc(-n5c(-c6cccnc6N)nc6cnc(-c7ccc(F)cn7)cc65)cc4)CC3)C2)n1. The van der Waals surface area contributed by atoms with Gasteiger partial charge in [-0.25, -0.2) is 24.3 Å². The smallest absolute Gasteiger partial charge is 0.234 e. The molecule has 0 radical (unpaired) electrons. The molecule has 47 heavy (non-hydrogen) atoms. The minimum atomic E-state index is -0.400. The highest BCUT2D eigenvalue weighted by molar-refractivity contribution is 5.87. The van der Waals surface area contributed by atoms with Gasteiger partial charge in [-0.15, -0.1) is 0 Å². The lowest BCUT2D eigenvalue weighted by Crippen LogP contribution is -2.60. The van der Waals surface area contributed by atoms with Gasteiger partial charge in [0, 0.05) is 43.1 Å². The van der Waals surface area contributed by atoms with Gasteiger partial charge in [-0.3, -0.25) is 19.4 Å². The van der Waals surface area contributed by atoms with Gasteiger partial charge in [0.15, 0.2) is 0 Å². The van der Waals surface area contributed by atoms with Crippen molar-refractivity contribution in [3.8, 4) is 34.5 Å². The number of imidazole rings is 1. The van der Waals surface area contributed by atoms with Crippen molar-refractivity contribution in [1.82, 2.24) is 39.4 Å². The molecule has 232 valence electrons. The Balaban J connectivity index is 1.02. The van der Waals surface area contributed by atoms with Crippen LogP contribution in [0.4, 0.5) is 16.0 Å². The zero-order chi connectivity index (χ0) is 32.0. The van der Waals surface area contributed by atoms with Crippen molar-refractivity contribution < 1.29 is 4.39 Å². The maximum atomic E-state index is 13.6. The van der Waals surface area contributed by atoms with Gasteiger partial charge in [0.2, 0.25) is 5.82 Å². The summed E-state index contributed by atoms with van der Waals surface area (Å²) in [6.45, 7) is 4.87. The summed E-state index contributed by atoms with van der Waals surface area (Å²) in [6.07, 6.45) is 8.48. The third-order valence-corrected chi connectivity index (χ3v) is 9.24. The Morgan fingerprint density at radius 1 is 0.872 bits per heavy atom. The summed E-state index contributed by atoms with van der Waals surface area (Å²) < 4.78 is 15.6. The van der Waals surface area contributed by atoms with E-state index in [1.165, 1.54) is 17.8 Å². The number of anilines is 2. The van der Waals surface area contributed by atoms with Crippen LogP contribution in [0.15, 0.2) is 85.5 Å². The lowest BCUT2D eigenvalue weighted by Gasteiger charge is -2.54. The molecule has 0 aliphatic carbocycles. The zero-order valence-electron chi connectivity index (χ0n) is 25.5. The summed E-state index contributed by atoms with van der Waals surface area (Å²) >= 11 is 0. The summed E-state index contributed by atoms with van der Waals surface area (Å²) in [4.78, 5) is 31.1. The van der Waals surface area contributed by atoms with Crippen LogP contribution in [0.3, 0.4) is 0 Å². The van der Waals surface area contributed by atoms with Gasteiger partial charge >= 0.3 is 0 Å². The number of fused-ring (bicyclic) bond motifs is 1. The van der Waals surface area contributed by atoms with Crippen LogP contribution < -0.4 is 10.6 Å². The molecule has 7 heterocycles. The third-order valence-electron chi connectivity index (χ3n) is 9.24. The fraction of sp³-hybridized carbons (Fsp3) is 0.229. The Hall–Kier alpha value is -5.80. The second kappa shape index (κ2) is 11.5. The standard InChI is InChI=1S/C35H30FN11/c36-24-5-8-27(41-18-24)28-16-30-29(19-42-28)43-34(26-2-1-12-40-33(26)38)47(30)25-6-3-23(4-7-25)20-45-14-10-35(11-15-45)21-46(22-35)32-9-13-39-31(17-37)44-32/h1-9,12-13,16,18-19H,10-11,14-15,20-22H2,(H2,38,40). The molecule has 2 aliphatic heterocycles. The van der Waals surface area contributed by atoms with Gasteiger partial charge in [-0.2, -0.15) is 5.26 Å². The predicted octanol–water partition coefficient (Wildman–Crippen LogP) is 5.03. The highest BCUT2D eigenvalue weighted by Crippen LogP contribution is 2.42. The van der Waals surface area contributed by atoms with Crippen molar-refractivity contribution in [3.05, 3.63) is 103 Å². The molecule has 2 N–H and O–H groups in total. The van der Waals surface area contributed by atoms with E-state index in [2.05, 4.69) is 63.6 Å². The number of halogens is 1. The minimum Gasteiger partial charge on any atom is -0.383 e. The molecular weight excluding hydrogens is 593 g/mol. The largest absolute Gasteiger partial charge is 0.383 e. The number of hydrogen-bond donors (Lipinski definition) is 1. The molecular formula is C35H30FN11. The molecule has 1 aromatic carbocycles. The van der Waals surface area contributed by atoms with Gasteiger partial charge in [0.05, 0.1) is 34.9 Å². The fourth-order valence-electron chi connectivity index (χ4n) is 6.71. The Kier molecular flexibility index (Phi) is 7.03. The molecule has 2 aliphatic rings. The number of nitriles is 1. The van der Waals surface area contributed by atoms with Crippen LogP contribution >= 0.6 is 0 Å². The molecule has 0 saturated carbocycles. The van der Waals surface area contributed by atoms with E-state index in [0.29, 0.717) is 34.0 Å². The highest BCUT2D eigenvalue weighted by Gasteiger charge is 2.45. The average Bonchev–Trinajstić information content (AvgIpc) is 3.47. The summed E-state index contributed by atoms with van der Waals surface area (Å²) in [5.74, 6) is 1.69. The van der Waals surface area contributed by atoms with Crippen LogP contribution in [0.1, 0.15) is 24.2 Å². The van der Waals surface area contributed by atoms with Crippen LogP contribution in [0.5, 0.6) is 0 Å². The van der Waals surface area contributed by atoms with Crippen LogP contribution in [0.25, 0.3) is 39.5 Å². The fourth-order valence-corrected chi connectivity index (χ4v) is 6.71. The Labute approximate surface area is 270 Å². The van der Waals surface area contributed by atoms with Crippen molar-refractivity contribution >= 4 is 22.7 Å². The maximum Gasteiger partial charge on any atom is 0.234 e. The molecule has 2 fully saturated rings. The third kappa shape index (κ3) is 5.40. The van der Waals surface area contributed by atoms with Crippen molar-refractivity contribution in [2.24, 2.45) is 5.41 Å². The number of rotatable bonds is 6. The van der Waals surface area contributed by atoms with Crippen molar-refractivity contribution in [2.45, 2.75) is 19.4 Å². The predicted molar refractivity (Wildman–Crippen MR) is 176 cm³/mol.